The number of halogens is 1. The van der Waals surface area contributed by atoms with Crippen LogP contribution in [0.4, 0.5) is 5.69 Å². The van der Waals surface area contributed by atoms with Gasteiger partial charge in [0.25, 0.3) is 11.6 Å². The number of carbonyl (C=O) groups excluding carboxylic acids is 1. The van der Waals surface area contributed by atoms with E-state index in [9.17, 15) is 14.9 Å². The summed E-state index contributed by atoms with van der Waals surface area (Å²) in [7, 11) is 0. The lowest BCUT2D eigenvalue weighted by molar-refractivity contribution is -0.385. The van der Waals surface area contributed by atoms with E-state index in [1.807, 2.05) is 0 Å². The van der Waals surface area contributed by atoms with Crippen molar-refractivity contribution in [1.29, 1.82) is 0 Å². The van der Waals surface area contributed by atoms with Gasteiger partial charge in [0.1, 0.15) is 11.3 Å². The Morgan fingerprint density at radius 1 is 1.68 bits per heavy atom. The van der Waals surface area contributed by atoms with Gasteiger partial charge in [0, 0.05) is 18.4 Å². The van der Waals surface area contributed by atoms with E-state index in [4.69, 9.17) is 18.0 Å². The number of rotatable bonds is 6. The lowest BCUT2D eigenvalue weighted by Crippen LogP contribution is -2.26. The summed E-state index contributed by atoms with van der Waals surface area (Å²) in [4.78, 5) is 25.3. The Hall–Kier alpha value is -1.78. The number of hydrogen-bond acceptors (Lipinski definition) is 5. The van der Waals surface area contributed by atoms with E-state index >= 15 is 0 Å². The largest absolute Gasteiger partial charge is 0.351 e. The smallest absolute Gasteiger partial charge is 0.288 e. The molecule has 0 atom stereocenters. The highest BCUT2D eigenvalue weighted by Crippen LogP contribution is 2.18. The SMILES string of the molecule is C#CCSCCNC(=O)c1cc([N+](=O)[O-])cnc1Cl. The number of nitrogens with zero attached hydrogens (tertiary/aromatic N) is 2. The molecular formula is C11H10ClN3O3S. The van der Waals surface area contributed by atoms with Gasteiger partial charge in [-0.2, -0.15) is 0 Å². The Kier molecular flexibility index (Phi) is 6.12. The maximum Gasteiger partial charge on any atom is 0.288 e. The average molecular weight is 300 g/mol. The molecule has 0 saturated carbocycles. The van der Waals surface area contributed by atoms with Crippen molar-refractivity contribution in [1.82, 2.24) is 10.3 Å². The lowest BCUT2D eigenvalue weighted by atomic mass is 10.2. The van der Waals surface area contributed by atoms with Crippen molar-refractivity contribution >= 4 is 35.0 Å². The predicted octanol–water partition coefficient (Wildman–Crippen LogP) is 1.74. The second-order valence-corrected chi connectivity index (χ2v) is 4.76. The highest BCUT2D eigenvalue weighted by Gasteiger charge is 2.16. The number of aromatic nitrogens is 1. The van der Waals surface area contributed by atoms with Crippen LogP contribution in [0.25, 0.3) is 0 Å². The van der Waals surface area contributed by atoms with Crippen molar-refractivity contribution in [3.63, 3.8) is 0 Å². The van der Waals surface area contributed by atoms with Gasteiger partial charge in [0.2, 0.25) is 0 Å². The molecule has 100 valence electrons. The number of nitrogens with one attached hydrogen (secondary N) is 1. The third kappa shape index (κ3) is 4.77. The first-order chi connectivity index (χ1) is 9.06. The summed E-state index contributed by atoms with van der Waals surface area (Å²) >= 11 is 7.23. The molecule has 0 aromatic carbocycles. The van der Waals surface area contributed by atoms with Crippen LogP contribution in [0.5, 0.6) is 0 Å². The topological polar surface area (TPSA) is 85.1 Å². The van der Waals surface area contributed by atoms with Gasteiger partial charge in [-0.05, 0) is 0 Å². The molecule has 0 radical (unpaired) electrons. The molecule has 0 aliphatic rings. The molecule has 1 aromatic heterocycles. The molecule has 0 saturated heterocycles. The minimum atomic E-state index is -0.636. The molecule has 1 amide bonds. The Balaban J connectivity index is 2.64. The molecule has 1 rings (SSSR count). The number of nitro groups is 1. The summed E-state index contributed by atoms with van der Waals surface area (Å²) in [5.41, 5.74) is -0.297. The van der Waals surface area contributed by atoms with Crippen LogP contribution in [0.3, 0.4) is 0 Å². The van der Waals surface area contributed by atoms with Crippen LogP contribution in [0.15, 0.2) is 12.3 Å². The first kappa shape index (κ1) is 15.3. The zero-order valence-corrected chi connectivity index (χ0v) is 11.3. The summed E-state index contributed by atoms with van der Waals surface area (Å²) in [5, 5.41) is 13.1. The van der Waals surface area contributed by atoms with E-state index in [1.54, 1.807) is 0 Å². The van der Waals surface area contributed by atoms with Crippen LogP contribution in [-0.4, -0.2) is 33.9 Å². The second kappa shape index (κ2) is 7.61. The van der Waals surface area contributed by atoms with E-state index in [1.165, 1.54) is 11.8 Å². The van der Waals surface area contributed by atoms with Gasteiger partial charge < -0.3 is 5.32 Å². The molecule has 1 heterocycles. The van der Waals surface area contributed by atoms with Crippen LogP contribution >= 0.6 is 23.4 Å². The van der Waals surface area contributed by atoms with Gasteiger partial charge in [0.15, 0.2) is 0 Å². The standard InChI is InChI=1S/C11H10ClN3O3S/c1-2-4-19-5-3-13-11(16)9-6-8(15(17)18)7-14-10(9)12/h1,6-7H,3-5H2,(H,13,16). The molecular weight excluding hydrogens is 290 g/mol. The normalized spacial score (nSPS) is 9.68. The number of carbonyl (C=O) groups is 1. The van der Waals surface area contributed by atoms with Gasteiger partial charge in [-0.3, -0.25) is 14.9 Å². The Morgan fingerprint density at radius 2 is 2.42 bits per heavy atom. The van der Waals surface area contributed by atoms with Crippen LogP contribution in [0, 0.1) is 22.5 Å². The molecule has 8 heteroatoms. The third-order valence-corrected chi connectivity index (χ3v) is 3.16. The van der Waals surface area contributed by atoms with Crippen molar-refractivity contribution in [3.05, 3.63) is 33.1 Å². The van der Waals surface area contributed by atoms with Crippen LogP contribution in [0.2, 0.25) is 5.15 Å². The molecule has 0 unspecified atom stereocenters. The fraction of sp³-hybridized carbons (Fsp3) is 0.273. The van der Waals surface area contributed by atoms with E-state index in [-0.39, 0.29) is 16.4 Å². The fourth-order valence-corrected chi connectivity index (χ4v) is 1.86. The molecule has 0 fully saturated rings. The first-order valence-electron chi connectivity index (χ1n) is 5.15. The van der Waals surface area contributed by atoms with Gasteiger partial charge in [0.05, 0.1) is 16.2 Å². The third-order valence-electron chi connectivity index (χ3n) is 2.00. The highest BCUT2D eigenvalue weighted by molar-refractivity contribution is 7.99. The summed E-state index contributed by atoms with van der Waals surface area (Å²) in [6.07, 6.45) is 6.08. The van der Waals surface area contributed by atoms with E-state index < -0.39 is 10.8 Å². The number of terminal acetylenes is 1. The predicted molar refractivity (Wildman–Crippen MR) is 74.4 cm³/mol. The average Bonchev–Trinajstić information content (AvgIpc) is 2.38. The zero-order valence-electron chi connectivity index (χ0n) is 9.76. The fourth-order valence-electron chi connectivity index (χ4n) is 1.16. The van der Waals surface area contributed by atoms with Crippen molar-refractivity contribution in [3.8, 4) is 12.3 Å². The van der Waals surface area contributed by atoms with Gasteiger partial charge in [-0.25, -0.2) is 4.98 Å². The molecule has 0 aliphatic heterocycles. The summed E-state index contributed by atoms with van der Waals surface area (Å²) < 4.78 is 0. The van der Waals surface area contributed by atoms with Crippen molar-refractivity contribution in [2.45, 2.75) is 0 Å². The first-order valence-corrected chi connectivity index (χ1v) is 6.69. The molecule has 1 aromatic rings. The number of amides is 1. The number of thioether (sulfide) groups is 1. The van der Waals surface area contributed by atoms with Crippen LogP contribution in [-0.2, 0) is 0 Å². The number of pyridine rings is 1. The Bertz CT molecular complexity index is 530. The highest BCUT2D eigenvalue weighted by atomic mass is 35.5. The summed E-state index contributed by atoms with van der Waals surface area (Å²) in [6.45, 7) is 0.393. The number of hydrogen-bond donors (Lipinski definition) is 1. The molecule has 1 N–H and O–H groups in total. The van der Waals surface area contributed by atoms with E-state index in [2.05, 4.69) is 16.2 Å². The monoisotopic (exact) mass is 299 g/mol. The van der Waals surface area contributed by atoms with Crippen molar-refractivity contribution in [2.24, 2.45) is 0 Å². The Labute approximate surface area is 119 Å². The van der Waals surface area contributed by atoms with Crippen molar-refractivity contribution in [2.75, 3.05) is 18.1 Å². The zero-order chi connectivity index (χ0) is 14.3. The van der Waals surface area contributed by atoms with Crippen molar-refractivity contribution < 1.29 is 9.72 Å². The Morgan fingerprint density at radius 3 is 3.05 bits per heavy atom. The van der Waals surface area contributed by atoms with E-state index in [0.717, 1.165) is 12.3 Å². The van der Waals surface area contributed by atoms with Gasteiger partial charge in [-0.15, -0.1) is 18.2 Å². The molecule has 0 aliphatic carbocycles. The van der Waals surface area contributed by atoms with Crippen LogP contribution < -0.4 is 5.32 Å². The molecule has 6 nitrogen and oxygen atoms in total. The minimum Gasteiger partial charge on any atom is -0.351 e. The molecule has 0 bridgehead atoms. The second-order valence-electron chi connectivity index (χ2n) is 3.30. The van der Waals surface area contributed by atoms with Crippen LogP contribution in [0.1, 0.15) is 10.4 Å². The lowest BCUT2D eigenvalue weighted by Gasteiger charge is -2.05. The summed E-state index contributed by atoms with van der Waals surface area (Å²) in [6, 6.07) is 1.10. The summed E-state index contributed by atoms with van der Waals surface area (Å²) in [5.74, 6) is 3.18. The maximum absolute atomic E-state index is 11.8. The van der Waals surface area contributed by atoms with Gasteiger partial charge in [-0.1, -0.05) is 17.5 Å². The maximum atomic E-state index is 11.8. The van der Waals surface area contributed by atoms with Gasteiger partial charge >= 0.3 is 0 Å². The molecule has 19 heavy (non-hydrogen) atoms. The minimum absolute atomic E-state index is 0.0159. The molecule has 0 spiro atoms. The quantitative estimate of drug-likeness (QED) is 0.284. The van der Waals surface area contributed by atoms with E-state index in [0.29, 0.717) is 18.1 Å².